The highest BCUT2D eigenvalue weighted by molar-refractivity contribution is 5.81. The van der Waals surface area contributed by atoms with Crippen molar-refractivity contribution in [2.75, 3.05) is 26.3 Å². The van der Waals surface area contributed by atoms with Gasteiger partial charge in [-0.1, -0.05) is 12.1 Å². The predicted octanol–water partition coefficient (Wildman–Crippen LogP) is 0.435. The summed E-state index contributed by atoms with van der Waals surface area (Å²) in [5.41, 5.74) is 0.562. The molecule has 0 bridgehead atoms. The van der Waals surface area contributed by atoms with Crippen LogP contribution in [0.2, 0.25) is 0 Å². The van der Waals surface area contributed by atoms with E-state index < -0.39 is 0 Å². The SMILES string of the molecule is CC(NCc1cccc(O)c1O)C(=O)N1CCOCC1. The first-order valence-electron chi connectivity index (χ1n) is 6.69. The molecule has 0 aliphatic carbocycles. The molecule has 6 heteroatoms. The molecule has 0 aromatic heterocycles. The smallest absolute Gasteiger partial charge is 0.239 e. The lowest BCUT2D eigenvalue weighted by molar-refractivity contribution is -0.137. The Morgan fingerprint density at radius 2 is 2.10 bits per heavy atom. The van der Waals surface area contributed by atoms with Crippen LogP contribution < -0.4 is 5.32 Å². The molecule has 1 aliphatic heterocycles. The molecular formula is C14H20N2O4. The molecule has 0 spiro atoms. The topological polar surface area (TPSA) is 82.0 Å². The Morgan fingerprint density at radius 1 is 1.40 bits per heavy atom. The highest BCUT2D eigenvalue weighted by Gasteiger charge is 2.22. The van der Waals surface area contributed by atoms with E-state index in [1.165, 1.54) is 6.07 Å². The van der Waals surface area contributed by atoms with Crippen molar-refractivity contribution in [2.45, 2.75) is 19.5 Å². The number of phenols is 2. The van der Waals surface area contributed by atoms with Gasteiger partial charge in [-0.25, -0.2) is 0 Å². The van der Waals surface area contributed by atoms with Crippen LogP contribution in [-0.2, 0) is 16.1 Å². The molecule has 1 saturated heterocycles. The number of ether oxygens (including phenoxy) is 1. The number of carbonyl (C=O) groups is 1. The maximum absolute atomic E-state index is 12.2. The van der Waals surface area contributed by atoms with Crippen molar-refractivity contribution in [1.29, 1.82) is 0 Å². The van der Waals surface area contributed by atoms with Gasteiger partial charge in [0.1, 0.15) is 0 Å². The molecule has 1 atom stereocenters. The Bertz CT molecular complexity index is 472. The number of rotatable bonds is 4. The van der Waals surface area contributed by atoms with Crippen molar-refractivity contribution in [3.63, 3.8) is 0 Å². The average molecular weight is 280 g/mol. The summed E-state index contributed by atoms with van der Waals surface area (Å²) in [6, 6.07) is 4.42. The molecular weight excluding hydrogens is 260 g/mol. The first kappa shape index (κ1) is 14.6. The minimum absolute atomic E-state index is 0.0212. The number of benzene rings is 1. The zero-order valence-corrected chi connectivity index (χ0v) is 11.5. The van der Waals surface area contributed by atoms with Crippen molar-refractivity contribution in [1.82, 2.24) is 10.2 Å². The van der Waals surface area contributed by atoms with Gasteiger partial charge >= 0.3 is 0 Å². The maximum Gasteiger partial charge on any atom is 0.239 e. The van der Waals surface area contributed by atoms with Crippen LogP contribution in [0.15, 0.2) is 18.2 Å². The zero-order valence-electron chi connectivity index (χ0n) is 11.5. The van der Waals surface area contributed by atoms with Crippen molar-refractivity contribution in [3.05, 3.63) is 23.8 Å². The van der Waals surface area contributed by atoms with E-state index in [0.717, 1.165) is 0 Å². The van der Waals surface area contributed by atoms with Crippen molar-refractivity contribution in [2.24, 2.45) is 0 Å². The predicted molar refractivity (Wildman–Crippen MR) is 73.5 cm³/mol. The van der Waals surface area contributed by atoms with Crippen molar-refractivity contribution >= 4 is 5.91 Å². The van der Waals surface area contributed by atoms with E-state index in [1.807, 2.05) is 0 Å². The fourth-order valence-electron chi connectivity index (χ4n) is 2.13. The Balaban J connectivity index is 1.89. The van der Waals surface area contributed by atoms with Gasteiger partial charge in [0.15, 0.2) is 11.5 Å². The van der Waals surface area contributed by atoms with Crippen molar-refractivity contribution < 1.29 is 19.7 Å². The molecule has 1 aromatic carbocycles. The van der Waals surface area contributed by atoms with Crippen LogP contribution in [-0.4, -0.2) is 53.4 Å². The molecule has 1 fully saturated rings. The normalized spacial score (nSPS) is 16.9. The molecule has 20 heavy (non-hydrogen) atoms. The Hall–Kier alpha value is -1.79. The summed E-state index contributed by atoms with van der Waals surface area (Å²) in [4.78, 5) is 13.9. The quantitative estimate of drug-likeness (QED) is 0.697. The van der Waals surface area contributed by atoms with Crippen LogP contribution in [0.5, 0.6) is 11.5 Å². The molecule has 0 radical (unpaired) electrons. The van der Waals surface area contributed by atoms with E-state index in [1.54, 1.807) is 24.0 Å². The molecule has 110 valence electrons. The van der Waals surface area contributed by atoms with Gasteiger partial charge in [-0.05, 0) is 13.0 Å². The number of carbonyl (C=O) groups excluding carboxylic acids is 1. The van der Waals surface area contributed by atoms with Crippen LogP contribution in [0, 0.1) is 0 Å². The fraction of sp³-hybridized carbons (Fsp3) is 0.500. The number of amides is 1. The molecule has 3 N–H and O–H groups in total. The standard InChI is InChI=1S/C14H20N2O4/c1-10(14(19)16-5-7-20-8-6-16)15-9-11-3-2-4-12(17)13(11)18/h2-4,10,15,17-18H,5-9H2,1H3. The molecule has 0 saturated carbocycles. The van der Waals surface area contributed by atoms with E-state index >= 15 is 0 Å². The van der Waals surface area contributed by atoms with Gasteiger partial charge in [-0.15, -0.1) is 0 Å². The number of hydrogen-bond donors (Lipinski definition) is 3. The summed E-state index contributed by atoms with van der Waals surface area (Å²) in [7, 11) is 0. The van der Waals surface area contributed by atoms with E-state index in [-0.39, 0.29) is 23.4 Å². The number of morpholine rings is 1. The zero-order chi connectivity index (χ0) is 14.5. The fourth-order valence-corrected chi connectivity index (χ4v) is 2.13. The van der Waals surface area contributed by atoms with Gasteiger partial charge < -0.3 is 25.2 Å². The minimum Gasteiger partial charge on any atom is -0.504 e. The van der Waals surface area contributed by atoms with Gasteiger partial charge in [0.25, 0.3) is 0 Å². The third kappa shape index (κ3) is 3.40. The van der Waals surface area contributed by atoms with Gasteiger partial charge in [-0.2, -0.15) is 0 Å². The average Bonchev–Trinajstić information content (AvgIpc) is 2.48. The summed E-state index contributed by atoms with van der Waals surface area (Å²) < 4.78 is 5.21. The first-order valence-corrected chi connectivity index (χ1v) is 6.69. The lowest BCUT2D eigenvalue weighted by Crippen LogP contribution is -2.49. The molecule has 1 aliphatic rings. The lowest BCUT2D eigenvalue weighted by atomic mass is 10.1. The summed E-state index contributed by atoms with van der Waals surface area (Å²) in [6.45, 7) is 4.48. The number of nitrogens with zero attached hydrogens (tertiary/aromatic N) is 1. The van der Waals surface area contributed by atoms with Gasteiger partial charge in [0.2, 0.25) is 5.91 Å². The molecule has 1 heterocycles. The number of para-hydroxylation sites is 1. The second kappa shape index (κ2) is 6.58. The summed E-state index contributed by atoms with van der Waals surface area (Å²) >= 11 is 0. The van der Waals surface area contributed by atoms with E-state index in [0.29, 0.717) is 38.4 Å². The molecule has 1 unspecified atom stereocenters. The molecule has 2 rings (SSSR count). The van der Waals surface area contributed by atoms with Gasteiger partial charge in [0.05, 0.1) is 19.3 Å². The highest BCUT2D eigenvalue weighted by Crippen LogP contribution is 2.27. The van der Waals surface area contributed by atoms with E-state index in [2.05, 4.69) is 5.32 Å². The highest BCUT2D eigenvalue weighted by atomic mass is 16.5. The summed E-state index contributed by atoms with van der Waals surface area (Å²) in [5.74, 6) is -0.282. The summed E-state index contributed by atoms with van der Waals surface area (Å²) in [6.07, 6.45) is 0. The largest absolute Gasteiger partial charge is 0.504 e. The lowest BCUT2D eigenvalue weighted by Gasteiger charge is -2.29. The number of phenolic OH excluding ortho intramolecular Hbond substituents is 2. The van der Waals surface area contributed by atoms with Crippen LogP contribution in [0.4, 0.5) is 0 Å². The Labute approximate surface area is 118 Å². The summed E-state index contributed by atoms with van der Waals surface area (Å²) in [5, 5.41) is 22.2. The Kier molecular flexibility index (Phi) is 4.81. The second-order valence-corrected chi connectivity index (χ2v) is 4.83. The monoisotopic (exact) mass is 280 g/mol. The first-order chi connectivity index (χ1) is 9.59. The number of aromatic hydroxyl groups is 2. The van der Waals surface area contributed by atoms with Crippen LogP contribution in [0.1, 0.15) is 12.5 Å². The number of nitrogens with one attached hydrogen (secondary N) is 1. The van der Waals surface area contributed by atoms with Crippen molar-refractivity contribution in [3.8, 4) is 11.5 Å². The Morgan fingerprint density at radius 3 is 2.80 bits per heavy atom. The maximum atomic E-state index is 12.2. The molecule has 1 aromatic rings. The van der Waals surface area contributed by atoms with Crippen LogP contribution in [0.3, 0.4) is 0 Å². The van der Waals surface area contributed by atoms with Gasteiger partial charge in [-0.3, -0.25) is 4.79 Å². The van der Waals surface area contributed by atoms with Gasteiger partial charge in [0, 0.05) is 25.2 Å². The van der Waals surface area contributed by atoms with E-state index in [9.17, 15) is 15.0 Å². The van der Waals surface area contributed by atoms with Crippen LogP contribution >= 0.6 is 0 Å². The van der Waals surface area contributed by atoms with Crippen LogP contribution in [0.25, 0.3) is 0 Å². The number of hydrogen-bond acceptors (Lipinski definition) is 5. The second-order valence-electron chi connectivity index (χ2n) is 4.83. The molecule has 1 amide bonds. The third-order valence-corrected chi connectivity index (χ3v) is 3.39. The third-order valence-electron chi connectivity index (χ3n) is 3.39. The molecule has 6 nitrogen and oxygen atoms in total. The van der Waals surface area contributed by atoms with E-state index in [4.69, 9.17) is 4.74 Å². The minimum atomic E-state index is -0.352.